The molecule has 0 bridgehead atoms. The molecule has 164 valence electrons. The number of hydrogen-bond acceptors (Lipinski definition) is 5. The SMILES string of the molecule is O=C(c1ccc(Oc2ccccc2)cc1)N(Cc1ccco1)c1nc2c(F)cc(F)cc2s1. The van der Waals surface area contributed by atoms with Crippen LogP contribution in [0.2, 0.25) is 0 Å². The van der Waals surface area contributed by atoms with Crippen LogP contribution in [0.25, 0.3) is 10.2 Å². The minimum Gasteiger partial charge on any atom is -0.467 e. The van der Waals surface area contributed by atoms with E-state index in [1.807, 2.05) is 30.3 Å². The number of carbonyl (C=O) groups excluding carboxylic acids is 1. The van der Waals surface area contributed by atoms with Crippen molar-refractivity contribution in [3.05, 3.63) is 108 Å². The standard InChI is InChI=1S/C25H16F2N2O3S/c26-17-13-21(27)23-22(14-17)33-25(28-23)29(15-20-7-4-12-31-20)24(30)16-8-10-19(11-9-16)32-18-5-2-1-3-6-18/h1-14H,15H2. The maximum Gasteiger partial charge on any atom is 0.260 e. The van der Waals surface area contributed by atoms with Gasteiger partial charge >= 0.3 is 0 Å². The Balaban J connectivity index is 1.46. The molecule has 0 fully saturated rings. The van der Waals surface area contributed by atoms with Crippen LogP contribution < -0.4 is 9.64 Å². The Hall–Kier alpha value is -4.04. The van der Waals surface area contributed by atoms with Crippen molar-refractivity contribution in [2.75, 3.05) is 4.90 Å². The maximum absolute atomic E-state index is 14.2. The number of amides is 1. The summed E-state index contributed by atoms with van der Waals surface area (Å²) in [6.07, 6.45) is 1.50. The summed E-state index contributed by atoms with van der Waals surface area (Å²) in [6, 6.07) is 21.4. The fraction of sp³-hybridized carbons (Fsp3) is 0.0400. The number of hydrogen-bond donors (Lipinski definition) is 0. The second-order valence-corrected chi connectivity index (χ2v) is 8.15. The van der Waals surface area contributed by atoms with Gasteiger partial charge in [-0.15, -0.1) is 0 Å². The van der Waals surface area contributed by atoms with Gasteiger partial charge in [-0.2, -0.15) is 0 Å². The van der Waals surface area contributed by atoms with Gasteiger partial charge in [-0.1, -0.05) is 29.5 Å². The summed E-state index contributed by atoms with van der Waals surface area (Å²) in [5.74, 6) is -0.0584. The second-order valence-electron chi connectivity index (χ2n) is 7.14. The van der Waals surface area contributed by atoms with E-state index in [0.717, 1.165) is 17.4 Å². The molecule has 0 saturated carbocycles. The van der Waals surface area contributed by atoms with Gasteiger partial charge in [0.2, 0.25) is 0 Å². The number of thiazole rings is 1. The van der Waals surface area contributed by atoms with E-state index in [9.17, 15) is 13.6 Å². The summed E-state index contributed by atoms with van der Waals surface area (Å²) < 4.78 is 39.4. The highest BCUT2D eigenvalue weighted by atomic mass is 32.1. The van der Waals surface area contributed by atoms with Crippen LogP contribution in [0.1, 0.15) is 16.1 Å². The largest absolute Gasteiger partial charge is 0.467 e. The fourth-order valence-electron chi connectivity index (χ4n) is 3.29. The van der Waals surface area contributed by atoms with E-state index in [2.05, 4.69) is 4.98 Å². The molecule has 8 heteroatoms. The van der Waals surface area contributed by atoms with E-state index in [0.29, 0.717) is 27.5 Å². The third-order valence-electron chi connectivity index (χ3n) is 4.85. The lowest BCUT2D eigenvalue weighted by atomic mass is 10.2. The van der Waals surface area contributed by atoms with E-state index in [4.69, 9.17) is 9.15 Å². The van der Waals surface area contributed by atoms with Gasteiger partial charge in [-0.05, 0) is 54.6 Å². The van der Waals surface area contributed by atoms with Gasteiger partial charge in [0.1, 0.15) is 28.6 Å². The van der Waals surface area contributed by atoms with E-state index < -0.39 is 11.6 Å². The Labute approximate surface area is 191 Å². The highest BCUT2D eigenvalue weighted by molar-refractivity contribution is 7.22. The number of furan rings is 1. The predicted molar refractivity (Wildman–Crippen MR) is 122 cm³/mol. The Bertz CT molecular complexity index is 1400. The van der Waals surface area contributed by atoms with E-state index in [1.54, 1.807) is 36.4 Å². The zero-order chi connectivity index (χ0) is 22.8. The smallest absolute Gasteiger partial charge is 0.260 e. The molecule has 5 nitrogen and oxygen atoms in total. The number of para-hydroxylation sites is 1. The van der Waals surface area contributed by atoms with Gasteiger partial charge in [-0.3, -0.25) is 9.69 Å². The summed E-state index contributed by atoms with van der Waals surface area (Å²) >= 11 is 1.03. The van der Waals surface area contributed by atoms with Crippen molar-refractivity contribution in [2.24, 2.45) is 0 Å². The van der Waals surface area contributed by atoms with E-state index >= 15 is 0 Å². The number of ether oxygens (including phenoxy) is 1. The van der Waals surface area contributed by atoms with Gasteiger partial charge in [0.05, 0.1) is 17.5 Å². The number of nitrogens with zero attached hydrogens (tertiary/aromatic N) is 2. The number of aromatic nitrogens is 1. The molecular formula is C25H16F2N2O3S. The van der Waals surface area contributed by atoms with Gasteiger partial charge in [-0.25, -0.2) is 13.8 Å². The molecule has 2 aromatic heterocycles. The molecule has 0 radical (unpaired) electrons. The van der Waals surface area contributed by atoms with Gasteiger partial charge < -0.3 is 9.15 Å². The minimum atomic E-state index is -0.777. The first-order valence-electron chi connectivity index (χ1n) is 9.99. The quantitative estimate of drug-likeness (QED) is 0.278. The van der Waals surface area contributed by atoms with E-state index in [-0.39, 0.29) is 23.1 Å². The first kappa shape index (κ1) is 20.8. The van der Waals surface area contributed by atoms with Crippen molar-refractivity contribution in [1.82, 2.24) is 4.98 Å². The van der Waals surface area contributed by atoms with Gasteiger partial charge in [0.25, 0.3) is 5.91 Å². The Morgan fingerprint density at radius 3 is 2.45 bits per heavy atom. The molecule has 1 amide bonds. The van der Waals surface area contributed by atoms with Crippen LogP contribution in [-0.2, 0) is 6.54 Å². The zero-order valence-corrected chi connectivity index (χ0v) is 17.9. The molecule has 0 unspecified atom stereocenters. The molecule has 2 heterocycles. The molecule has 0 spiro atoms. The molecule has 0 aliphatic heterocycles. The molecule has 0 N–H and O–H groups in total. The van der Waals surface area contributed by atoms with Crippen molar-refractivity contribution in [3.63, 3.8) is 0 Å². The third kappa shape index (κ3) is 4.47. The van der Waals surface area contributed by atoms with Crippen molar-refractivity contribution in [2.45, 2.75) is 6.54 Å². The normalized spacial score (nSPS) is 11.0. The average molecular weight is 462 g/mol. The summed E-state index contributed by atoms with van der Waals surface area (Å²) in [4.78, 5) is 19.1. The lowest BCUT2D eigenvalue weighted by Crippen LogP contribution is -2.30. The Kier molecular flexibility index (Phi) is 5.58. The van der Waals surface area contributed by atoms with Gasteiger partial charge in [0.15, 0.2) is 10.9 Å². The van der Waals surface area contributed by atoms with Crippen LogP contribution >= 0.6 is 11.3 Å². The number of carbonyl (C=O) groups is 1. The summed E-state index contributed by atoms with van der Waals surface area (Å²) in [6.45, 7) is 0.0814. The molecule has 5 rings (SSSR count). The van der Waals surface area contributed by atoms with Crippen molar-refractivity contribution in [3.8, 4) is 11.5 Å². The number of benzene rings is 3. The fourth-order valence-corrected chi connectivity index (χ4v) is 4.29. The molecule has 0 aliphatic carbocycles. The van der Waals surface area contributed by atoms with Crippen LogP contribution in [0.4, 0.5) is 13.9 Å². The van der Waals surface area contributed by atoms with Crippen LogP contribution in [0.5, 0.6) is 11.5 Å². The van der Waals surface area contributed by atoms with Crippen LogP contribution in [-0.4, -0.2) is 10.9 Å². The summed E-state index contributed by atoms with van der Waals surface area (Å²) in [5, 5.41) is 0.237. The number of fused-ring (bicyclic) bond motifs is 1. The highest BCUT2D eigenvalue weighted by Gasteiger charge is 2.24. The Morgan fingerprint density at radius 1 is 0.970 bits per heavy atom. The number of rotatable bonds is 6. The first-order valence-corrected chi connectivity index (χ1v) is 10.8. The molecule has 0 aliphatic rings. The van der Waals surface area contributed by atoms with Crippen LogP contribution in [0.3, 0.4) is 0 Å². The molecule has 0 atom stereocenters. The zero-order valence-electron chi connectivity index (χ0n) is 17.1. The topological polar surface area (TPSA) is 55.6 Å². The predicted octanol–water partition coefficient (Wildman–Crippen LogP) is 6.81. The van der Waals surface area contributed by atoms with Crippen molar-refractivity contribution >= 4 is 32.6 Å². The molecule has 5 aromatic rings. The monoisotopic (exact) mass is 462 g/mol. The summed E-state index contributed by atoms with van der Waals surface area (Å²) in [7, 11) is 0. The molecule has 33 heavy (non-hydrogen) atoms. The maximum atomic E-state index is 14.2. The minimum absolute atomic E-state index is 0.0141. The highest BCUT2D eigenvalue weighted by Crippen LogP contribution is 2.33. The lowest BCUT2D eigenvalue weighted by molar-refractivity contribution is 0.0983. The third-order valence-corrected chi connectivity index (χ3v) is 5.88. The van der Waals surface area contributed by atoms with Crippen molar-refractivity contribution in [1.29, 1.82) is 0 Å². The molecule has 0 saturated heterocycles. The van der Waals surface area contributed by atoms with Crippen molar-refractivity contribution < 1.29 is 22.7 Å². The molecule has 3 aromatic carbocycles. The molecular weight excluding hydrogens is 446 g/mol. The number of anilines is 1. The second kappa shape index (κ2) is 8.84. The van der Waals surface area contributed by atoms with Crippen LogP contribution in [0.15, 0.2) is 89.5 Å². The van der Waals surface area contributed by atoms with E-state index in [1.165, 1.54) is 17.2 Å². The average Bonchev–Trinajstić information content (AvgIpc) is 3.48. The number of halogens is 2. The van der Waals surface area contributed by atoms with Gasteiger partial charge in [0, 0.05) is 11.6 Å². The summed E-state index contributed by atoms with van der Waals surface area (Å²) in [5.41, 5.74) is 0.396. The first-order chi connectivity index (χ1) is 16.1. The Morgan fingerprint density at radius 2 is 1.73 bits per heavy atom. The van der Waals surface area contributed by atoms with Crippen LogP contribution in [0, 0.1) is 11.6 Å². The lowest BCUT2D eigenvalue weighted by Gasteiger charge is -2.19.